The molecule has 0 heterocycles. The van der Waals surface area contributed by atoms with Crippen LogP contribution in [0.4, 0.5) is 0 Å². The van der Waals surface area contributed by atoms with Gasteiger partial charge in [-0.1, -0.05) is 66.7 Å². The highest BCUT2D eigenvalue weighted by molar-refractivity contribution is 7.56. The second kappa shape index (κ2) is 7.82. The predicted octanol–water partition coefficient (Wildman–Crippen LogP) is 6.55. The van der Waals surface area contributed by atoms with Gasteiger partial charge in [0.1, 0.15) is 11.5 Å². The van der Waals surface area contributed by atoms with Gasteiger partial charge in [0.15, 0.2) is 0 Å². The summed E-state index contributed by atoms with van der Waals surface area (Å²) in [4.78, 5) is 0. The molecule has 0 aromatic heterocycles. The molecule has 0 saturated heterocycles. The highest BCUT2D eigenvalue weighted by Crippen LogP contribution is 2.42. The molecule has 2 nitrogen and oxygen atoms in total. The highest BCUT2D eigenvalue weighted by Gasteiger charge is 2.20. The molecule has 0 N–H and O–H groups in total. The summed E-state index contributed by atoms with van der Waals surface area (Å²) in [5.41, 5.74) is 2.19. The lowest BCUT2D eigenvalue weighted by atomic mass is 10.1. The van der Waals surface area contributed by atoms with E-state index in [2.05, 4.69) is 68.4 Å². The molecule has 4 aromatic rings. The monoisotopic (exact) mass is 372 g/mol. The highest BCUT2D eigenvalue weighted by atomic mass is 31.2. The van der Waals surface area contributed by atoms with Crippen LogP contribution in [-0.2, 0) is 0 Å². The van der Waals surface area contributed by atoms with E-state index in [0.29, 0.717) is 0 Å². The molecule has 27 heavy (non-hydrogen) atoms. The number of hydrogen-bond acceptors (Lipinski definition) is 2. The zero-order chi connectivity index (χ0) is 18.6. The Morgan fingerprint density at radius 3 is 1.67 bits per heavy atom. The maximum absolute atomic E-state index is 6.38. The van der Waals surface area contributed by atoms with Gasteiger partial charge < -0.3 is 9.05 Å². The topological polar surface area (TPSA) is 18.5 Å². The van der Waals surface area contributed by atoms with Crippen molar-refractivity contribution in [2.24, 2.45) is 0 Å². The van der Waals surface area contributed by atoms with Crippen molar-refractivity contribution in [1.29, 1.82) is 0 Å². The van der Waals surface area contributed by atoms with Crippen molar-refractivity contribution in [1.82, 2.24) is 0 Å². The smallest absolute Gasteiger partial charge is 0.326 e. The molecule has 0 unspecified atom stereocenters. The number of aryl methyl sites for hydroxylation is 2. The van der Waals surface area contributed by atoms with E-state index >= 15 is 0 Å². The van der Waals surface area contributed by atoms with Gasteiger partial charge in [-0.25, -0.2) is 0 Å². The van der Waals surface area contributed by atoms with Crippen molar-refractivity contribution in [2.45, 2.75) is 13.8 Å². The molecule has 0 bridgehead atoms. The predicted molar refractivity (Wildman–Crippen MR) is 114 cm³/mol. The van der Waals surface area contributed by atoms with Crippen molar-refractivity contribution >= 4 is 24.5 Å². The van der Waals surface area contributed by atoms with E-state index in [4.69, 9.17) is 9.05 Å². The maximum atomic E-state index is 6.38. The lowest BCUT2D eigenvalue weighted by Gasteiger charge is -2.21. The van der Waals surface area contributed by atoms with E-state index in [1.807, 2.05) is 36.4 Å². The summed E-state index contributed by atoms with van der Waals surface area (Å²) in [6.07, 6.45) is 0. The first-order valence-corrected chi connectivity index (χ1v) is 10.1. The van der Waals surface area contributed by atoms with E-state index in [1.165, 1.54) is 10.8 Å². The van der Waals surface area contributed by atoms with Gasteiger partial charge >= 0.3 is 8.38 Å². The Morgan fingerprint density at radius 2 is 1.07 bits per heavy atom. The molecule has 0 aliphatic rings. The summed E-state index contributed by atoms with van der Waals surface area (Å²) < 4.78 is 12.8. The van der Waals surface area contributed by atoms with Crippen molar-refractivity contribution in [3.63, 3.8) is 0 Å². The largest absolute Gasteiger partial charge is 0.435 e. The summed E-state index contributed by atoms with van der Waals surface area (Å²) in [6.45, 7) is 4.11. The number of fused-ring (bicyclic) bond motifs is 1. The average molecular weight is 372 g/mol. The normalized spacial score (nSPS) is 10.9. The van der Waals surface area contributed by atoms with Gasteiger partial charge in [0.25, 0.3) is 0 Å². The van der Waals surface area contributed by atoms with Crippen molar-refractivity contribution in [2.75, 3.05) is 0 Å². The van der Waals surface area contributed by atoms with Gasteiger partial charge in [-0.05, 0) is 60.0 Å². The first-order chi connectivity index (χ1) is 13.2. The summed E-state index contributed by atoms with van der Waals surface area (Å²) in [7, 11) is -1.31. The molecule has 0 atom stereocenters. The van der Waals surface area contributed by atoms with Crippen LogP contribution in [0, 0.1) is 13.8 Å². The third-order valence-electron chi connectivity index (χ3n) is 4.49. The maximum Gasteiger partial charge on any atom is 0.326 e. The van der Waals surface area contributed by atoms with Crippen LogP contribution < -0.4 is 14.4 Å². The van der Waals surface area contributed by atoms with E-state index < -0.39 is 8.38 Å². The average Bonchev–Trinajstić information content (AvgIpc) is 2.70. The fourth-order valence-corrected chi connectivity index (χ4v) is 4.37. The molecule has 0 aliphatic heterocycles. The first kappa shape index (κ1) is 17.6. The quantitative estimate of drug-likeness (QED) is 0.370. The SMILES string of the molecule is Cc1ccccc1OP(Oc1ccccc1C)c1ccc2ccccc2c1. The minimum atomic E-state index is -1.31. The second-order valence-corrected chi connectivity index (χ2v) is 7.90. The zero-order valence-corrected chi connectivity index (χ0v) is 16.3. The van der Waals surface area contributed by atoms with Crippen molar-refractivity contribution < 1.29 is 9.05 Å². The van der Waals surface area contributed by atoms with Crippen LogP contribution in [0.1, 0.15) is 11.1 Å². The van der Waals surface area contributed by atoms with Crippen LogP contribution in [0.25, 0.3) is 10.8 Å². The van der Waals surface area contributed by atoms with Crippen LogP contribution in [0.5, 0.6) is 11.5 Å². The fraction of sp³-hybridized carbons (Fsp3) is 0.0833. The van der Waals surface area contributed by atoms with E-state index in [1.54, 1.807) is 0 Å². The fourth-order valence-electron chi connectivity index (χ4n) is 2.91. The first-order valence-electron chi connectivity index (χ1n) is 8.97. The molecule has 0 spiro atoms. The van der Waals surface area contributed by atoms with Gasteiger partial charge in [-0.3, -0.25) is 0 Å². The number of hydrogen-bond donors (Lipinski definition) is 0. The molecule has 0 amide bonds. The Bertz CT molecular complexity index is 1030. The van der Waals surface area contributed by atoms with Crippen molar-refractivity contribution in [3.05, 3.63) is 102 Å². The Morgan fingerprint density at radius 1 is 0.556 bits per heavy atom. The molecule has 0 fully saturated rings. The molecular weight excluding hydrogens is 351 g/mol. The number of rotatable bonds is 5. The van der Waals surface area contributed by atoms with Gasteiger partial charge in [-0.15, -0.1) is 0 Å². The molecule has 4 rings (SSSR count). The molecule has 4 aromatic carbocycles. The number of benzene rings is 4. The number of para-hydroxylation sites is 2. The lowest BCUT2D eigenvalue weighted by molar-refractivity contribution is 0.497. The summed E-state index contributed by atoms with van der Waals surface area (Å²) in [6, 6.07) is 30.8. The molecule has 0 saturated carbocycles. The molecule has 0 aliphatic carbocycles. The van der Waals surface area contributed by atoms with Crippen LogP contribution >= 0.6 is 8.38 Å². The molecule has 3 heteroatoms. The Kier molecular flexibility index (Phi) is 5.09. The van der Waals surface area contributed by atoms with Gasteiger partial charge in [0.05, 0.1) is 5.30 Å². The molecular formula is C24H21O2P. The third-order valence-corrected chi connectivity index (χ3v) is 5.92. The molecule has 134 valence electrons. The van der Waals surface area contributed by atoms with Gasteiger partial charge in [-0.2, -0.15) is 0 Å². The second-order valence-electron chi connectivity index (χ2n) is 6.50. The van der Waals surface area contributed by atoms with Crippen LogP contribution in [0.15, 0.2) is 91.0 Å². The van der Waals surface area contributed by atoms with E-state index in [-0.39, 0.29) is 0 Å². The zero-order valence-electron chi connectivity index (χ0n) is 15.4. The minimum Gasteiger partial charge on any atom is -0.435 e. The lowest BCUT2D eigenvalue weighted by Crippen LogP contribution is -2.11. The van der Waals surface area contributed by atoms with Crippen LogP contribution in [-0.4, -0.2) is 0 Å². The Hall–Kier alpha value is -2.83. The van der Waals surface area contributed by atoms with Crippen LogP contribution in [0.3, 0.4) is 0 Å². The van der Waals surface area contributed by atoms with E-state index in [0.717, 1.165) is 27.9 Å². The summed E-state index contributed by atoms with van der Waals surface area (Å²) in [5.74, 6) is 1.70. The standard InChI is InChI=1S/C24H21O2P/c1-18-9-3-7-13-23(18)25-27(26-24-14-8-4-10-19(24)2)22-16-15-20-11-5-6-12-21(20)17-22/h3-17H,1-2H3. The molecule has 0 radical (unpaired) electrons. The Labute approximate surface area is 161 Å². The summed E-state index contributed by atoms with van der Waals surface area (Å²) in [5, 5.41) is 3.45. The minimum absolute atomic E-state index is 0.852. The summed E-state index contributed by atoms with van der Waals surface area (Å²) >= 11 is 0. The van der Waals surface area contributed by atoms with Gasteiger partial charge in [0, 0.05) is 0 Å². The van der Waals surface area contributed by atoms with Crippen molar-refractivity contribution in [3.8, 4) is 11.5 Å². The Balaban J connectivity index is 1.74. The third kappa shape index (κ3) is 3.97. The van der Waals surface area contributed by atoms with E-state index in [9.17, 15) is 0 Å². The van der Waals surface area contributed by atoms with Crippen LogP contribution in [0.2, 0.25) is 0 Å². The van der Waals surface area contributed by atoms with Gasteiger partial charge in [0.2, 0.25) is 0 Å².